The van der Waals surface area contributed by atoms with Crippen LogP contribution >= 0.6 is 12.6 Å². The molecule has 0 saturated carbocycles. The van der Waals surface area contributed by atoms with Crippen molar-refractivity contribution in [3.8, 4) is 0 Å². The summed E-state index contributed by atoms with van der Waals surface area (Å²) in [5, 5.41) is 4.50. The Balaban J connectivity index is 2.83. The summed E-state index contributed by atoms with van der Waals surface area (Å²) in [4.78, 5) is 0. The van der Waals surface area contributed by atoms with E-state index in [-0.39, 0.29) is 0 Å². The SMILES string of the molecule is CCc1c(C)nn(CCCS)c1C. The van der Waals surface area contributed by atoms with Crippen molar-refractivity contribution in [2.45, 2.75) is 40.2 Å². The van der Waals surface area contributed by atoms with Gasteiger partial charge in [-0.2, -0.15) is 17.7 Å². The molecule has 0 aliphatic carbocycles. The molecule has 0 amide bonds. The first-order valence-corrected chi connectivity index (χ1v) is 5.47. The second-order valence-corrected chi connectivity index (χ2v) is 3.75. The lowest BCUT2D eigenvalue weighted by Crippen LogP contribution is -2.03. The molecule has 1 rings (SSSR count). The summed E-state index contributed by atoms with van der Waals surface area (Å²) >= 11 is 4.20. The Hall–Kier alpha value is -0.440. The van der Waals surface area contributed by atoms with E-state index >= 15 is 0 Å². The zero-order chi connectivity index (χ0) is 9.84. The van der Waals surface area contributed by atoms with E-state index in [2.05, 4.69) is 43.2 Å². The lowest BCUT2D eigenvalue weighted by molar-refractivity contribution is 0.586. The average Bonchev–Trinajstić information content (AvgIpc) is 2.38. The fourth-order valence-corrected chi connectivity index (χ4v) is 1.83. The molecule has 3 heteroatoms. The van der Waals surface area contributed by atoms with Gasteiger partial charge in [0.1, 0.15) is 0 Å². The number of hydrogen-bond donors (Lipinski definition) is 1. The van der Waals surface area contributed by atoms with Crippen LogP contribution in [0.2, 0.25) is 0 Å². The van der Waals surface area contributed by atoms with E-state index in [9.17, 15) is 0 Å². The Kier molecular flexibility index (Phi) is 3.85. The van der Waals surface area contributed by atoms with Crippen LogP contribution in [0.3, 0.4) is 0 Å². The van der Waals surface area contributed by atoms with Gasteiger partial charge in [-0.3, -0.25) is 4.68 Å². The van der Waals surface area contributed by atoms with E-state index < -0.39 is 0 Å². The van der Waals surface area contributed by atoms with Crippen LogP contribution in [0.4, 0.5) is 0 Å². The molecular formula is C10H18N2S. The van der Waals surface area contributed by atoms with Crippen LogP contribution in [-0.2, 0) is 13.0 Å². The summed E-state index contributed by atoms with van der Waals surface area (Å²) in [7, 11) is 0. The van der Waals surface area contributed by atoms with Crippen molar-refractivity contribution >= 4 is 12.6 Å². The van der Waals surface area contributed by atoms with Crippen molar-refractivity contribution in [3.63, 3.8) is 0 Å². The maximum absolute atomic E-state index is 4.50. The van der Waals surface area contributed by atoms with Crippen molar-refractivity contribution in [2.24, 2.45) is 0 Å². The predicted octanol–water partition coefficient (Wildman–Crippen LogP) is 2.38. The minimum absolute atomic E-state index is 0.930. The van der Waals surface area contributed by atoms with E-state index in [0.29, 0.717) is 0 Å². The molecule has 0 N–H and O–H groups in total. The Labute approximate surface area is 85.7 Å². The monoisotopic (exact) mass is 198 g/mol. The van der Waals surface area contributed by atoms with Crippen LogP contribution in [0.5, 0.6) is 0 Å². The van der Waals surface area contributed by atoms with Gasteiger partial charge in [-0.15, -0.1) is 0 Å². The summed E-state index contributed by atoms with van der Waals surface area (Å²) in [6.45, 7) is 7.41. The van der Waals surface area contributed by atoms with Crippen molar-refractivity contribution in [2.75, 3.05) is 5.75 Å². The molecule has 13 heavy (non-hydrogen) atoms. The Morgan fingerprint density at radius 2 is 2.08 bits per heavy atom. The van der Waals surface area contributed by atoms with Crippen LogP contribution in [0, 0.1) is 13.8 Å². The first-order valence-electron chi connectivity index (χ1n) is 4.84. The minimum Gasteiger partial charge on any atom is -0.269 e. The van der Waals surface area contributed by atoms with Crippen molar-refractivity contribution in [1.82, 2.24) is 9.78 Å². The lowest BCUT2D eigenvalue weighted by atomic mass is 10.1. The Bertz CT molecular complexity index is 279. The number of aryl methyl sites for hydroxylation is 2. The van der Waals surface area contributed by atoms with E-state index in [0.717, 1.165) is 25.1 Å². The van der Waals surface area contributed by atoms with Gasteiger partial charge in [0, 0.05) is 12.2 Å². The molecule has 0 unspecified atom stereocenters. The third-order valence-corrected chi connectivity index (χ3v) is 2.73. The number of nitrogens with zero attached hydrogens (tertiary/aromatic N) is 2. The highest BCUT2D eigenvalue weighted by molar-refractivity contribution is 7.80. The molecule has 0 aromatic carbocycles. The van der Waals surface area contributed by atoms with Gasteiger partial charge in [0.15, 0.2) is 0 Å². The Morgan fingerprint density at radius 1 is 1.38 bits per heavy atom. The standard InChI is InChI=1S/C10H18N2S/c1-4-10-8(2)11-12(9(10)3)6-5-7-13/h13H,4-7H2,1-3H3. The summed E-state index contributed by atoms with van der Waals surface area (Å²) in [5.74, 6) is 0.930. The molecule has 1 heterocycles. The van der Waals surface area contributed by atoms with Crippen molar-refractivity contribution < 1.29 is 0 Å². The zero-order valence-electron chi connectivity index (χ0n) is 8.67. The normalized spacial score (nSPS) is 10.8. The highest BCUT2D eigenvalue weighted by Gasteiger charge is 2.08. The molecule has 0 atom stereocenters. The van der Waals surface area contributed by atoms with E-state index in [1.165, 1.54) is 17.0 Å². The van der Waals surface area contributed by atoms with Crippen molar-refractivity contribution in [1.29, 1.82) is 0 Å². The number of rotatable bonds is 4. The highest BCUT2D eigenvalue weighted by Crippen LogP contribution is 2.13. The zero-order valence-corrected chi connectivity index (χ0v) is 9.56. The van der Waals surface area contributed by atoms with Gasteiger partial charge in [-0.05, 0) is 38.0 Å². The summed E-state index contributed by atoms with van der Waals surface area (Å²) in [6.07, 6.45) is 2.17. The lowest BCUT2D eigenvalue weighted by Gasteiger charge is -2.02. The van der Waals surface area contributed by atoms with Gasteiger partial charge in [0.05, 0.1) is 5.69 Å². The highest BCUT2D eigenvalue weighted by atomic mass is 32.1. The fourth-order valence-electron chi connectivity index (χ4n) is 1.68. The third-order valence-electron chi connectivity index (χ3n) is 2.41. The molecule has 1 aromatic heterocycles. The van der Waals surface area contributed by atoms with Crippen LogP contribution in [-0.4, -0.2) is 15.5 Å². The van der Waals surface area contributed by atoms with Crippen molar-refractivity contribution in [3.05, 3.63) is 17.0 Å². The second-order valence-electron chi connectivity index (χ2n) is 3.30. The van der Waals surface area contributed by atoms with Gasteiger partial charge in [-0.25, -0.2) is 0 Å². The third kappa shape index (κ3) is 2.27. The van der Waals surface area contributed by atoms with E-state index in [1.54, 1.807) is 0 Å². The van der Waals surface area contributed by atoms with Gasteiger partial charge < -0.3 is 0 Å². The molecule has 2 nitrogen and oxygen atoms in total. The first-order chi connectivity index (χ1) is 6.20. The molecule has 0 aliphatic heterocycles. The summed E-state index contributed by atoms with van der Waals surface area (Å²) in [5.41, 5.74) is 3.90. The Morgan fingerprint density at radius 3 is 2.54 bits per heavy atom. The van der Waals surface area contributed by atoms with Crippen LogP contribution < -0.4 is 0 Å². The minimum atomic E-state index is 0.930. The molecule has 0 radical (unpaired) electrons. The maximum atomic E-state index is 4.50. The molecular weight excluding hydrogens is 180 g/mol. The van der Waals surface area contributed by atoms with Crippen LogP contribution in [0.1, 0.15) is 30.3 Å². The van der Waals surface area contributed by atoms with Crippen LogP contribution in [0.15, 0.2) is 0 Å². The topological polar surface area (TPSA) is 17.8 Å². The van der Waals surface area contributed by atoms with Gasteiger partial charge in [0.25, 0.3) is 0 Å². The average molecular weight is 198 g/mol. The van der Waals surface area contributed by atoms with Gasteiger partial charge in [-0.1, -0.05) is 6.92 Å². The number of thiol groups is 1. The number of hydrogen-bond acceptors (Lipinski definition) is 2. The fraction of sp³-hybridized carbons (Fsp3) is 0.700. The van der Waals surface area contributed by atoms with E-state index in [4.69, 9.17) is 0 Å². The maximum Gasteiger partial charge on any atom is 0.0628 e. The summed E-state index contributed by atoms with van der Waals surface area (Å²) in [6, 6.07) is 0. The quantitative estimate of drug-likeness (QED) is 0.735. The molecule has 0 aliphatic rings. The molecule has 0 bridgehead atoms. The second kappa shape index (κ2) is 4.70. The molecule has 1 aromatic rings. The first kappa shape index (κ1) is 10.6. The summed E-state index contributed by atoms with van der Waals surface area (Å²) < 4.78 is 2.10. The molecule has 0 fully saturated rings. The predicted molar refractivity (Wildman–Crippen MR) is 59.5 cm³/mol. The van der Waals surface area contributed by atoms with Gasteiger partial charge in [0.2, 0.25) is 0 Å². The number of aromatic nitrogens is 2. The van der Waals surface area contributed by atoms with Crippen LogP contribution in [0.25, 0.3) is 0 Å². The largest absolute Gasteiger partial charge is 0.269 e. The smallest absolute Gasteiger partial charge is 0.0628 e. The van der Waals surface area contributed by atoms with Gasteiger partial charge >= 0.3 is 0 Å². The molecule has 74 valence electrons. The molecule has 0 spiro atoms. The molecule has 0 saturated heterocycles. The van der Waals surface area contributed by atoms with E-state index in [1.807, 2.05) is 0 Å².